The van der Waals surface area contributed by atoms with E-state index in [9.17, 15) is 4.79 Å². The second-order valence-corrected chi connectivity index (χ2v) is 8.17. The van der Waals surface area contributed by atoms with Gasteiger partial charge in [0.05, 0.1) is 18.1 Å². The number of esters is 1. The Kier molecular flexibility index (Phi) is 4.36. The number of hydrogen-bond acceptors (Lipinski definition) is 5. The maximum absolute atomic E-state index is 12.5. The molecule has 29 heavy (non-hydrogen) atoms. The van der Waals surface area contributed by atoms with Crippen molar-refractivity contribution in [2.45, 2.75) is 37.0 Å². The monoisotopic (exact) mass is 391 g/mol. The van der Waals surface area contributed by atoms with Gasteiger partial charge >= 0.3 is 5.97 Å². The number of hydrogen-bond donors (Lipinski definition) is 0. The van der Waals surface area contributed by atoms with Crippen molar-refractivity contribution < 1.29 is 19.0 Å². The molecule has 5 nitrogen and oxygen atoms in total. The van der Waals surface area contributed by atoms with Gasteiger partial charge in [0.15, 0.2) is 11.5 Å². The fourth-order valence-corrected chi connectivity index (χ4v) is 4.93. The minimum atomic E-state index is -0.303. The van der Waals surface area contributed by atoms with Crippen LogP contribution in [0.4, 0.5) is 0 Å². The van der Waals surface area contributed by atoms with Crippen molar-refractivity contribution in [2.75, 3.05) is 20.7 Å². The normalized spacial score (nSPS) is 27.4. The zero-order valence-electron chi connectivity index (χ0n) is 16.8. The SMILES string of the molecule is COc1ccc2c3c1O[C@H]1C[C@@H](OC(=O)c4ccccc4)C=C[C@]31CCN(C)C2. The number of nitrogens with zero attached hydrogens (tertiary/aromatic N) is 1. The van der Waals surface area contributed by atoms with Crippen LogP contribution >= 0.6 is 0 Å². The van der Waals surface area contributed by atoms with Gasteiger partial charge in [-0.25, -0.2) is 4.79 Å². The highest BCUT2D eigenvalue weighted by atomic mass is 16.6. The topological polar surface area (TPSA) is 48.0 Å². The van der Waals surface area contributed by atoms with Crippen LogP contribution in [0.25, 0.3) is 0 Å². The molecule has 3 atom stereocenters. The molecule has 2 aromatic rings. The highest BCUT2D eigenvalue weighted by Crippen LogP contribution is 2.55. The summed E-state index contributed by atoms with van der Waals surface area (Å²) in [5.41, 5.74) is 2.90. The van der Waals surface area contributed by atoms with E-state index < -0.39 is 0 Å². The third kappa shape index (κ3) is 2.92. The lowest BCUT2D eigenvalue weighted by Gasteiger charge is -2.36. The Balaban J connectivity index is 1.48. The average Bonchev–Trinajstić information content (AvgIpc) is 3.00. The summed E-state index contributed by atoms with van der Waals surface area (Å²) in [5, 5.41) is 0. The van der Waals surface area contributed by atoms with E-state index in [1.807, 2.05) is 30.3 Å². The van der Waals surface area contributed by atoms with E-state index in [-0.39, 0.29) is 23.6 Å². The van der Waals surface area contributed by atoms with E-state index in [2.05, 4.69) is 24.1 Å². The summed E-state index contributed by atoms with van der Waals surface area (Å²) in [6.07, 6.45) is 5.50. The quantitative estimate of drug-likeness (QED) is 0.590. The zero-order chi connectivity index (χ0) is 20.0. The van der Waals surface area contributed by atoms with Crippen LogP contribution in [0.15, 0.2) is 54.6 Å². The molecule has 2 aromatic carbocycles. The van der Waals surface area contributed by atoms with E-state index in [1.54, 1.807) is 19.2 Å². The fourth-order valence-electron chi connectivity index (χ4n) is 4.93. The Hall–Kier alpha value is -2.79. The molecule has 1 aliphatic carbocycles. The van der Waals surface area contributed by atoms with Crippen LogP contribution in [0, 0.1) is 0 Å². The molecule has 1 spiro atoms. The first kappa shape index (κ1) is 18.3. The number of benzene rings is 2. The van der Waals surface area contributed by atoms with Crippen molar-refractivity contribution in [3.8, 4) is 11.5 Å². The van der Waals surface area contributed by atoms with Gasteiger partial charge in [0.25, 0.3) is 0 Å². The third-order valence-corrected chi connectivity index (χ3v) is 6.40. The number of methoxy groups -OCH3 is 1. The Labute approximate surface area is 170 Å². The molecule has 5 rings (SSSR count). The summed E-state index contributed by atoms with van der Waals surface area (Å²) < 4.78 is 17.9. The van der Waals surface area contributed by atoms with Crippen molar-refractivity contribution in [1.82, 2.24) is 4.90 Å². The van der Waals surface area contributed by atoms with Crippen LogP contribution in [0.1, 0.15) is 34.3 Å². The predicted molar refractivity (Wildman–Crippen MR) is 109 cm³/mol. The van der Waals surface area contributed by atoms with Gasteiger partial charge in [-0.05, 0) is 49.9 Å². The molecular formula is C24H25NO4. The minimum Gasteiger partial charge on any atom is -0.493 e. The molecule has 0 saturated heterocycles. The lowest BCUT2D eigenvalue weighted by molar-refractivity contribution is 0.0218. The molecule has 0 N–H and O–H groups in total. The summed E-state index contributed by atoms with van der Waals surface area (Å²) >= 11 is 0. The lowest BCUT2D eigenvalue weighted by Crippen LogP contribution is -2.43. The standard InChI is InChI=1S/C24H25NO4/c1-25-13-12-24-11-10-18(28-23(26)16-6-4-3-5-7-16)14-20(24)29-22-19(27-2)9-8-17(15-25)21(22)24/h3-11,18,20H,12-15H2,1-2H3/t18-,20-,24+/m0/s1. The van der Waals surface area contributed by atoms with Crippen LogP contribution in [0.5, 0.6) is 11.5 Å². The second-order valence-electron chi connectivity index (χ2n) is 8.17. The minimum absolute atomic E-state index is 0.0716. The van der Waals surface area contributed by atoms with Crippen LogP contribution in [-0.2, 0) is 16.7 Å². The van der Waals surface area contributed by atoms with E-state index in [0.717, 1.165) is 31.0 Å². The van der Waals surface area contributed by atoms with Gasteiger partial charge in [0.2, 0.25) is 0 Å². The number of ether oxygens (including phenoxy) is 3. The largest absolute Gasteiger partial charge is 0.493 e. The van der Waals surface area contributed by atoms with Crippen LogP contribution in [-0.4, -0.2) is 43.8 Å². The van der Waals surface area contributed by atoms with Crippen molar-refractivity contribution in [2.24, 2.45) is 0 Å². The van der Waals surface area contributed by atoms with Crippen LogP contribution in [0.2, 0.25) is 0 Å². The van der Waals surface area contributed by atoms with E-state index in [1.165, 1.54) is 11.1 Å². The molecule has 0 unspecified atom stereocenters. The molecule has 0 saturated carbocycles. The Morgan fingerprint density at radius 1 is 1.21 bits per heavy atom. The number of carbonyl (C=O) groups excluding carboxylic acids is 1. The van der Waals surface area contributed by atoms with E-state index >= 15 is 0 Å². The van der Waals surface area contributed by atoms with Crippen LogP contribution in [0.3, 0.4) is 0 Å². The van der Waals surface area contributed by atoms with Crippen molar-refractivity contribution in [1.29, 1.82) is 0 Å². The molecule has 0 aromatic heterocycles. The van der Waals surface area contributed by atoms with Crippen LogP contribution < -0.4 is 9.47 Å². The molecule has 0 bridgehead atoms. The molecule has 0 fully saturated rings. The summed E-state index contributed by atoms with van der Waals surface area (Å²) in [6, 6.07) is 13.3. The van der Waals surface area contributed by atoms with Gasteiger partial charge in [0.1, 0.15) is 12.2 Å². The smallest absolute Gasteiger partial charge is 0.338 e. The molecule has 2 aliphatic heterocycles. The molecule has 2 heterocycles. The van der Waals surface area contributed by atoms with Gasteiger partial charge in [-0.3, -0.25) is 0 Å². The Morgan fingerprint density at radius 3 is 2.83 bits per heavy atom. The second kappa shape index (κ2) is 6.92. The summed E-state index contributed by atoms with van der Waals surface area (Å²) in [7, 11) is 3.83. The van der Waals surface area contributed by atoms with Gasteiger partial charge in [-0.2, -0.15) is 0 Å². The lowest BCUT2D eigenvalue weighted by atomic mass is 9.69. The van der Waals surface area contributed by atoms with Crippen molar-refractivity contribution in [3.63, 3.8) is 0 Å². The Bertz CT molecular complexity index is 970. The zero-order valence-corrected chi connectivity index (χ0v) is 16.8. The molecule has 150 valence electrons. The Morgan fingerprint density at radius 2 is 2.03 bits per heavy atom. The first-order valence-corrected chi connectivity index (χ1v) is 10.1. The molecule has 0 amide bonds. The number of carbonyl (C=O) groups is 1. The predicted octanol–water partition coefficient (Wildman–Crippen LogP) is 3.72. The molecular weight excluding hydrogens is 366 g/mol. The first-order chi connectivity index (χ1) is 14.1. The maximum Gasteiger partial charge on any atom is 0.338 e. The van der Waals surface area contributed by atoms with Gasteiger partial charge in [0, 0.05) is 18.5 Å². The highest BCUT2D eigenvalue weighted by Gasteiger charge is 2.53. The van der Waals surface area contributed by atoms with Gasteiger partial charge in [-0.1, -0.05) is 30.3 Å². The van der Waals surface area contributed by atoms with Crippen molar-refractivity contribution in [3.05, 3.63) is 71.3 Å². The highest BCUT2D eigenvalue weighted by molar-refractivity contribution is 5.89. The third-order valence-electron chi connectivity index (χ3n) is 6.40. The van der Waals surface area contributed by atoms with E-state index in [0.29, 0.717) is 12.0 Å². The molecule has 3 aliphatic rings. The number of rotatable bonds is 3. The van der Waals surface area contributed by atoms with Gasteiger partial charge < -0.3 is 19.1 Å². The summed E-state index contributed by atoms with van der Waals surface area (Å²) in [5.74, 6) is 1.32. The van der Waals surface area contributed by atoms with Crippen molar-refractivity contribution >= 4 is 5.97 Å². The average molecular weight is 391 g/mol. The van der Waals surface area contributed by atoms with E-state index in [4.69, 9.17) is 14.2 Å². The van der Waals surface area contributed by atoms with Gasteiger partial charge in [-0.15, -0.1) is 0 Å². The first-order valence-electron chi connectivity index (χ1n) is 10.1. The maximum atomic E-state index is 12.5. The molecule has 0 radical (unpaired) electrons. The summed E-state index contributed by atoms with van der Waals surface area (Å²) in [4.78, 5) is 14.9. The summed E-state index contributed by atoms with van der Waals surface area (Å²) in [6.45, 7) is 1.87. The molecule has 5 heteroatoms. The fraction of sp³-hybridized carbons (Fsp3) is 0.375.